The molecule has 3 N–H and O–H groups in total. The zero-order chi connectivity index (χ0) is 22.8. The fourth-order valence-corrected chi connectivity index (χ4v) is 2.97. The molecule has 0 fully saturated rings. The van der Waals surface area contributed by atoms with Gasteiger partial charge in [0.15, 0.2) is 5.65 Å². The number of fused-ring (bicyclic) bond motifs is 1. The van der Waals surface area contributed by atoms with Crippen molar-refractivity contribution in [2.75, 3.05) is 11.9 Å². The van der Waals surface area contributed by atoms with E-state index in [0.29, 0.717) is 27.6 Å². The molecule has 8 nitrogen and oxygen atoms in total. The summed E-state index contributed by atoms with van der Waals surface area (Å²) in [5.74, 6) is -0.485. The summed E-state index contributed by atoms with van der Waals surface area (Å²) in [6.07, 6.45) is 5.46. The SMILES string of the molecule is CC[C@@H](C)Nc1cc(-c2cnn3cc(Cl)cnc23)ncc1C(=O)NC[C@@H](F)C(C)(C)O. The minimum absolute atomic E-state index is 0.0907. The number of anilines is 1. The highest BCUT2D eigenvalue weighted by Gasteiger charge is 2.27. The summed E-state index contributed by atoms with van der Waals surface area (Å²) >= 11 is 5.97. The molecular formula is C21H26ClFN6O2. The maximum Gasteiger partial charge on any atom is 0.255 e. The van der Waals surface area contributed by atoms with Crippen molar-refractivity contribution in [1.29, 1.82) is 0 Å². The number of alkyl halides is 1. The molecule has 2 atom stereocenters. The number of amides is 1. The molecular weight excluding hydrogens is 423 g/mol. The summed E-state index contributed by atoms with van der Waals surface area (Å²) in [5.41, 5.74) is 1.12. The molecule has 0 bridgehead atoms. The number of aliphatic hydroxyl groups is 1. The van der Waals surface area contributed by atoms with Crippen LogP contribution in [0.2, 0.25) is 5.02 Å². The summed E-state index contributed by atoms with van der Waals surface area (Å²) in [7, 11) is 0. The molecule has 0 radical (unpaired) electrons. The van der Waals surface area contributed by atoms with Gasteiger partial charge < -0.3 is 15.7 Å². The van der Waals surface area contributed by atoms with Gasteiger partial charge in [0.05, 0.1) is 52.1 Å². The molecule has 166 valence electrons. The Kier molecular flexibility index (Phi) is 6.76. The number of nitrogens with one attached hydrogen (secondary N) is 2. The van der Waals surface area contributed by atoms with E-state index in [1.165, 1.54) is 26.2 Å². The van der Waals surface area contributed by atoms with Gasteiger partial charge in [0, 0.05) is 18.4 Å². The Morgan fingerprint density at radius 3 is 2.74 bits per heavy atom. The number of carbonyl (C=O) groups excluding carboxylic acids is 1. The van der Waals surface area contributed by atoms with Gasteiger partial charge in [-0.3, -0.25) is 9.78 Å². The van der Waals surface area contributed by atoms with Crippen molar-refractivity contribution >= 4 is 28.8 Å². The van der Waals surface area contributed by atoms with Crippen LogP contribution < -0.4 is 10.6 Å². The fraction of sp³-hybridized carbons (Fsp3) is 0.429. The Labute approximate surface area is 184 Å². The van der Waals surface area contributed by atoms with Gasteiger partial charge >= 0.3 is 0 Å². The number of aromatic nitrogens is 4. The molecule has 0 saturated carbocycles. The number of pyridine rings is 1. The summed E-state index contributed by atoms with van der Waals surface area (Å²) in [6.45, 7) is 6.41. The van der Waals surface area contributed by atoms with Gasteiger partial charge in [-0.2, -0.15) is 5.10 Å². The molecule has 0 aliphatic heterocycles. The number of halogens is 2. The lowest BCUT2D eigenvalue weighted by atomic mass is 10.0. The Bertz CT molecular complexity index is 1080. The molecule has 3 aromatic heterocycles. The number of carbonyl (C=O) groups is 1. The van der Waals surface area contributed by atoms with Gasteiger partial charge in [-0.1, -0.05) is 18.5 Å². The van der Waals surface area contributed by atoms with Gasteiger partial charge in [0.2, 0.25) is 0 Å². The van der Waals surface area contributed by atoms with Gasteiger partial charge in [0.25, 0.3) is 5.91 Å². The quantitative estimate of drug-likeness (QED) is 0.487. The van der Waals surface area contributed by atoms with Gasteiger partial charge in [0.1, 0.15) is 6.17 Å². The maximum atomic E-state index is 14.1. The third-order valence-corrected chi connectivity index (χ3v) is 5.17. The number of hydrogen-bond acceptors (Lipinski definition) is 6. The Balaban J connectivity index is 1.94. The topological polar surface area (TPSA) is 104 Å². The highest BCUT2D eigenvalue weighted by molar-refractivity contribution is 6.30. The normalized spacial score (nSPS) is 13.8. The molecule has 31 heavy (non-hydrogen) atoms. The van der Waals surface area contributed by atoms with Gasteiger partial charge in [-0.15, -0.1) is 0 Å². The molecule has 1 amide bonds. The number of hydrogen-bond donors (Lipinski definition) is 3. The Morgan fingerprint density at radius 1 is 1.32 bits per heavy atom. The van der Waals surface area contributed by atoms with Crippen LogP contribution in [0.15, 0.2) is 30.9 Å². The third kappa shape index (κ3) is 5.29. The van der Waals surface area contributed by atoms with Crippen molar-refractivity contribution in [3.05, 3.63) is 41.4 Å². The average molecular weight is 449 g/mol. The van der Waals surface area contributed by atoms with E-state index in [-0.39, 0.29) is 18.2 Å². The Hall–Kier alpha value is -2.78. The van der Waals surface area contributed by atoms with Crippen molar-refractivity contribution in [1.82, 2.24) is 24.9 Å². The van der Waals surface area contributed by atoms with E-state index in [9.17, 15) is 14.3 Å². The molecule has 0 aromatic carbocycles. The van der Waals surface area contributed by atoms with Crippen LogP contribution in [0.25, 0.3) is 16.9 Å². The largest absolute Gasteiger partial charge is 0.387 e. The van der Waals surface area contributed by atoms with E-state index in [4.69, 9.17) is 11.6 Å². The summed E-state index contributed by atoms with van der Waals surface area (Å²) < 4.78 is 15.6. The predicted molar refractivity (Wildman–Crippen MR) is 118 cm³/mol. The summed E-state index contributed by atoms with van der Waals surface area (Å²) in [5, 5.41) is 20.3. The van der Waals surface area contributed by atoms with Crippen LogP contribution in [0.3, 0.4) is 0 Å². The first-order valence-electron chi connectivity index (χ1n) is 10.0. The molecule has 3 aromatic rings. The minimum atomic E-state index is -1.61. The standard InChI is InChI=1S/C21H26ClFN6O2/c1-5-12(2)28-17-6-16(14-9-27-29-11-13(22)7-25-19(14)29)24-8-15(17)20(30)26-10-18(23)21(3,4)31/h6-9,11-12,18,31H,5,10H2,1-4H3,(H,24,28)(H,26,30)/t12-,18-/m1/s1. The van der Waals surface area contributed by atoms with Crippen LogP contribution in [0.4, 0.5) is 10.1 Å². The second-order valence-corrected chi connectivity index (χ2v) is 8.44. The third-order valence-electron chi connectivity index (χ3n) is 4.97. The van der Waals surface area contributed by atoms with E-state index in [1.807, 2.05) is 13.8 Å². The molecule has 10 heteroatoms. The van der Waals surface area contributed by atoms with Gasteiger partial charge in [-0.25, -0.2) is 13.9 Å². The lowest BCUT2D eigenvalue weighted by Crippen LogP contribution is -2.42. The molecule has 0 spiro atoms. The van der Waals surface area contributed by atoms with E-state index in [2.05, 4.69) is 25.7 Å². The summed E-state index contributed by atoms with van der Waals surface area (Å²) in [4.78, 5) is 21.5. The molecule has 3 heterocycles. The second-order valence-electron chi connectivity index (χ2n) is 8.00. The van der Waals surface area contributed by atoms with Gasteiger partial charge in [-0.05, 0) is 33.3 Å². The van der Waals surface area contributed by atoms with Crippen molar-refractivity contribution < 1.29 is 14.3 Å². The van der Waals surface area contributed by atoms with Crippen LogP contribution in [0, 0.1) is 0 Å². The van der Waals surface area contributed by atoms with Crippen molar-refractivity contribution in [2.45, 2.75) is 51.9 Å². The molecule has 3 rings (SSSR count). The molecule has 0 unspecified atom stereocenters. The maximum absolute atomic E-state index is 14.1. The first kappa shape index (κ1) is 22.9. The van der Waals surface area contributed by atoms with Crippen LogP contribution in [-0.4, -0.2) is 55.0 Å². The predicted octanol–water partition coefficient (Wildman–Crippen LogP) is 3.49. The number of rotatable bonds is 8. The van der Waals surface area contributed by atoms with E-state index in [1.54, 1.807) is 23.0 Å². The average Bonchev–Trinajstić information content (AvgIpc) is 3.13. The second kappa shape index (κ2) is 9.15. The first-order valence-corrected chi connectivity index (χ1v) is 10.4. The summed E-state index contributed by atoms with van der Waals surface area (Å²) in [6, 6.07) is 1.84. The van der Waals surface area contributed by atoms with Crippen LogP contribution in [-0.2, 0) is 0 Å². The smallest absolute Gasteiger partial charge is 0.255 e. The van der Waals surface area contributed by atoms with Crippen LogP contribution in [0.5, 0.6) is 0 Å². The highest BCUT2D eigenvalue weighted by Crippen LogP contribution is 2.27. The van der Waals surface area contributed by atoms with Crippen molar-refractivity contribution in [3.63, 3.8) is 0 Å². The number of nitrogens with zero attached hydrogens (tertiary/aromatic N) is 4. The van der Waals surface area contributed by atoms with Crippen molar-refractivity contribution in [2.24, 2.45) is 0 Å². The van der Waals surface area contributed by atoms with E-state index >= 15 is 0 Å². The van der Waals surface area contributed by atoms with Crippen LogP contribution in [0.1, 0.15) is 44.5 Å². The molecule has 0 aliphatic rings. The molecule has 0 saturated heterocycles. The monoisotopic (exact) mass is 448 g/mol. The lowest BCUT2D eigenvalue weighted by molar-refractivity contribution is -0.00177. The zero-order valence-electron chi connectivity index (χ0n) is 17.9. The fourth-order valence-electron chi connectivity index (χ4n) is 2.83. The lowest BCUT2D eigenvalue weighted by Gasteiger charge is -2.23. The first-order chi connectivity index (χ1) is 14.6. The zero-order valence-corrected chi connectivity index (χ0v) is 18.6. The van der Waals surface area contributed by atoms with E-state index in [0.717, 1.165) is 6.42 Å². The van der Waals surface area contributed by atoms with Crippen LogP contribution >= 0.6 is 11.6 Å². The highest BCUT2D eigenvalue weighted by atomic mass is 35.5. The van der Waals surface area contributed by atoms with Crippen molar-refractivity contribution in [3.8, 4) is 11.3 Å². The molecule has 0 aliphatic carbocycles. The van der Waals surface area contributed by atoms with E-state index < -0.39 is 17.7 Å². The minimum Gasteiger partial charge on any atom is -0.387 e. The Morgan fingerprint density at radius 2 is 2.06 bits per heavy atom.